The first-order valence-corrected chi connectivity index (χ1v) is 9.75. The summed E-state index contributed by atoms with van der Waals surface area (Å²) in [5.74, 6) is 0.577. The second-order valence-electron chi connectivity index (χ2n) is 6.68. The maximum atomic E-state index is 12.5. The minimum atomic E-state index is -0.0636. The van der Waals surface area contributed by atoms with Gasteiger partial charge in [0, 0.05) is 37.7 Å². The molecule has 8 nitrogen and oxygen atoms in total. The van der Waals surface area contributed by atoms with Crippen molar-refractivity contribution in [3.63, 3.8) is 0 Å². The van der Waals surface area contributed by atoms with Gasteiger partial charge in [-0.2, -0.15) is 0 Å². The summed E-state index contributed by atoms with van der Waals surface area (Å²) in [5.41, 5.74) is 2.29. The van der Waals surface area contributed by atoms with E-state index < -0.39 is 0 Å². The number of benzene rings is 1. The fourth-order valence-corrected chi connectivity index (χ4v) is 3.43. The maximum Gasteiger partial charge on any atom is 0.274 e. The van der Waals surface area contributed by atoms with Crippen LogP contribution in [0.1, 0.15) is 16.9 Å². The van der Waals surface area contributed by atoms with Crippen molar-refractivity contribution in [1.29, 1.82) is 0 Å². The van der Waals surface area contributed by atoms with E-state index in [1.54, 1.807) is 12.5 Å². The number of anilines is 1. The van der Waals surface area contributed by atoms with Gasteiger partial charge in [-0.05, 0) is 31.2 Å². The minimum absolute atomic E-state index is 0.0636. The molecule has 2 aromatic heterocycles. The number of amides is 1. The Morgan fingerprint density at radius 3 is 2.96 bits per heavy atom. The smallest absolute Gasteiger partial charge is 0.274 e. The molecule has 0 saturated carbocycles. The molecule has 0 unspecified atom stereocenters. The van der Waals surface area contributed by atoms with Gasteiger partial charge in [-0.25, -0.2) is 15.0 Å². The lowest BCUT2D eigenvalue weighted by Crippen LogP contribution is -2.34. The molecule has 2 N–H and O–H groups in total. The van der Waals surface area contributed by atoms with Crippen LogP contribution in [-0.2, 0) is 6.54 Å². The Hall–Kier alpha value is -2.71. The van der Waals surface area contributed by atoms with Gasteiger partial charge in [0.05, 0.1) is 29.8 Å². The first-order valence-electron chi connectivity index (χ1n) is 9.37. The number of halogens is 1. The van der Waals surface area contributed by atoms with E-state index in [4.69, 9.17) is 11.6 Å². The number of aromatic nitrogens is 4. The van der Waals surface area contributed by atoms with Gasteiger partial charge in [0.2, 0.25) is 0 Å². The number of imidazole rings is 1. The quantitative estimate of drug-likeness (QED) is 0.682. The molecule has 1 saturated heterocycles. The summed E-state index contributed by atoms with van der Waals surface area (Å²) >= 11 is 6.00. The molecule has 1 fully saturated rings. The van der Waals surface area contributed by atoms with E-state index in [-0.39, 0.29) is 5.91 Å². The second-order valence-corrected chi connectivity index (χ2v) is 7.12. The van der Waals surface area contributed by atoms with Crippen molar-refractivity contribution >= 4 is 34.4 Å². The molecule has 9 heteroatoms. The Morgan fingerprint density at radius 2 is 2.11 bits per heavy atom. The van der Waals surface area contributed by atoms with Gasteiger partial charge >= 0.3 is 0 Å². The van der Waals surface area contributed by atoms with Crippen LogP contribution in [0.3, 0.4) is 0 Å². The van der Waals surface area contributed by atoms with E-state index >= 15 is 0 Å². The summed E-state index contributed by atoms with van der Waals surface area (Å²) in [6.07, 6.45) is 5.90. The molecular formula is C19H22ClN7O. The third kappa shape index (κ3) is 4.23. The monoisotopic (exact) mass is 399 g/mol. The van der Waals surface area contributed by atoms with E-state index in [9.17, 15) is 4.79 Å². The lowest BCUT2D eigenvalue weighted by Gasteiger charge is -2.19. The van der Waals surface area contributed by atoms with Crippen LogP contribution in [0.15, 0.2) is 36.9 Å². The van der Waals surface area contributed by atoms with Crippen LogP contribution < -0.4 is 10.6 Å². The lowest BCUT2D eigenvalue weighted by atomic mass is 10.3. The largest absolute Gasteiger partial charge is 0.367 e. The number of carbonyl (C=O) groups is 1. The number of carbonyl (C=O) groups excluding carboxylic acids is 1. The van der Waals surface area contributed by atoms with Gasteiger partial charge in [-0.3, -0.25) is 4.79 Å². The Kier molecular flexibility index (Phi) is 5.68. The lowest BCUT2D eigenvalue weighted by molar-refractivity contribution is 0.0760. The summed E-state index contributed by atoms with van der Waals surface area (Å²) in [4.78, 5) is 27.3. The summed E-state index contributed by atoms with van der Waals surface area (Å²) < 4.78 is 2.05. The molecule has 146 valence electrons. The van der Waals surface area contributed by atoms with Crippen LogP contribution in [-0.4, -0.2) is 63.0 Å². The van der Waals surface area contributed by atoms with E-state index in [2.05, 4.69) is 30.2 Å². The second kappa shape index (κ2) is 8.53. The predicted molar refractivity (Wildman–Crippen MR) is 109 cm³/mol. The number of hydrogen-bond acceptors (Lipinski definition) is 6. The molecule has 0 radical (unpaired) electrons. The van der Waals surface area contributed by atoms with Gasteiger partial charge in [0.25, 0.3) is 5.91 Å². The average Bonchev–Trinajstić information content (AvgIpc) is 2.92. The van der Waals surface area contributed by atoms with Crippen LogP contribution in [0.5, 0.6) is 0 Å². The summed E-state index contributed by atoms with van der Waals surface area (Å²) in [6.45, 7) is 4.59. The number of rotatable bonds is 5. The van der Waals surface area contributed by atoms with Crippen molar-refractivity contribution in [1.82, 2.24) is 29.7 Å². The van der Waals surface area contributed by atoms with Crippen LogP contribution in [0.4, 0.5) is 5.82 Å². The molecule has 0 bridgehead atoms. The molecular weight excluding hydrogens is 378 g/mol. The van der Waals surface area contributed by atoms with Crippen LogP contribution in [0.2, 0.25) is 5.02 Å². The molecule has 28 heavy (non-hydrogen) atoms. The zero-order valence-corrected chi connectivity index (χ0v) is 16.2. The molecule has 3 aromatic rings. The first-order chi connectivity index (χ1) is 13.7. The van der Waals surface area contributed by atoms with Gasteiger partial charge < -0.3 is 20.1 Å². The van der Waals surface area contributed by atoms with Crippen LogP contribution in [0.25, 0.3) is 11.0 Å². The van der Waals surface area contributed by atoms with Crippen molar-refractivity contribution < 1.29 is 4.79 Å². The summed E-state index contributed by atoms with van der Waals surface area (Å²) in [7, 11) is 0. The molecule has 4 rings (SSSR count). The standard InChI is InChI=1S/C19H22ClN7O/c20-14-2-3-17-15(10-14)25-13-27(17)9-6-22-18-12-23-16(11-24-18)19(28)26-7-1-4-21-5-8-26/h2-3,10-13,21H,1,4-9H2,(H,22,24). The normalized spacial score (nSPS) is 14.8. The zero-order chi connectivity index (χ0) is 19.3. The van der Waals surface area contributed by atoms with Crippen LogP contribution in [0, 0.1) is 0 Å². The molecule has 1 aromatic carbocycles. The highest BCUT2D eigenvalue weighted by Gasteiger charge is 2.18. The number of nitrogens with one attached hydrogen (secondary N) is 2. The Labute approximate surface area is 167 Å². The van der Waals surface area contributed by atoms with E-state index in [1.807, 2.05) is 23.1 Å². The van der Waals surface area contributed by atoms with Crippen molar-refractivity contribution in [2.75, 3.05) is 38.0 Å². The Morgan fingerprint density at radius 1 is 1.18 bits per heavy atom. The molecule has 0 aliphatic carbocycles. The third-order valence-corrected chi connectivity index (χ3v) is 4.98. The fourth-order valence-electron chi connectivity index (χ4n) is 3.26. The Bertz CT molecular complexity index is 949. The molecule has 1 amide bonds. The van der Waals surface area contributed by atoms with Gasteiger partial charge in [0.1, 0.15) is 11.5 Å². The fraction of sp³-hybridized carbons (Fsp3) is 0.368. The van der Waals surface area contributed by atoms with Crippen molar-refractivity contribution in [2.24, 2.45) is 0 Å². The number of hydrogen-bond donors (Lipinski definition) is 2. The summed E-state index contributed by atoms with van der Waals surface area (Å²) in [6, 6.07) is 5.67. The highest BCUT2D eigenvalue weighted by Crippen LogP contribution is 2.18. The molecule has 3 heterocycles. The average molecular weight is 400 g/mol. The van der Waals surface area contributed by atoms with Gasteiger partial charge in [-0.1, -0.05) is 11.6 Å². The first kappa shape index (κ1) is 18.6. The summed E-state index contributed by atoms with van der Waals surface area (Å²) in [5, 5.41) is 7.20. The van der Waals surface area contributed by atoms with E-state index in [0.717, 1.165) is 43.6 Å². The SMILES string of the molecule is O=C(c1cnc(NCCn2cnc3cc(Cl)ccc32)cn1)N1CCCNCC1. The Balaban J connectivity index is 1.33. The minimum Gasteiger partial charge on any atom is -0.367 e. The van der Waals surface area contributed by atoms with E-state index in [0.29, 0.717) is 29.6 Å². The molecule has 0 atom stereocenters. The number of nitrogens with zero attached hydrogens (tertiary/aromatic N) is 5. The maximum absolute atomic E-state index is 12.5. The van der Waals surface area contributed by atoms with Gasteiger partial charge in [-0.15, -0.1) is 0 Å². The van der Waals surface area contributed by atoms with Crippen molar-refractivity contribution in [3.8, 4) is 0 Å². The third-order valence-electron chi connectivity index (χ3n) is 4.74. The van der Waals surface area contributed by atoms with Crippen molar-refractivity contribution in [2.45, 2.75) is 13.0 Å². The van der Waals surface area contributed by atoms with Crippen LogP contribution >= 0.6 is 11.6 Å². The highest BCUT2D eigenvalue weighted by atomic mass is 35.5. The van der Waals surface area contributed by atoms with Crippen molar-refractivity contribution in [3.05, 3.63) is 47.6 Å². The highest BCUT2D eigenvalue weighted by molar-refractivity contribution is 6.31. The topological polar surface area (TPSA) is 88.0 Å². The van der Waals surface area contributed by atoms with E-state index in [1.165, 1.54) is 6.20 Å². The number of fused-ring (bicyclic) bond motifs is 1. The van der Waals surface area contributed by atoms with Gasteiger partial charge in [0.15, 0.2) is 0 Å². The predicted octanol–water partition coefficient (Wildman–Crippen LogP) is 2.03. The molecule has 1 aliphatic rings. The molecule has 1 aliphatic heterocycles. The zero-order valence-electron chi connectivity index (χ0n) is 15.4. The molecule has 0 spiro atoms.